The fourth-order valence-electron chi connectivity index (χ4n) is 4.71. The Morgan fingerprint density at radius 2 is 1.85 bits per heavy atom. The average Bonchev–Trinajstić information content (AvgIpc) is 3.50. The number of piperidine rings is 1. The number of carbonyl (C=O) groups is 1. The molecule has 0 spiro atoms. The van der Waals surface area contributed by atoms with Gasteiger partial charge in [-0.05, 0) is 44.2 Å². The number of likely N-dealkylation sites (tertiary alicyclic amines) is 1. The van der Waals surface area contributed by atoms with Crippen LogP contribution in [0.3, 0.4) is 0 Å². The fraction of sp³-hybridized carbons (Fsp3) is 0.429. The zero-order valence-electron chi connectivity index (χ0n) is 17.8. The van der Waals surface area contributed by atoms with Crippen LogP contribution in [-0.2, 0) is 6.18 Å². The van der Waals surface area contributed by atoms with Crippen molar-refractivity contribution in [3.8, 4) is 11.7 Å². The molecule has 172 valence electrons. The van der Waals surface area contributed by atoms with Gasteiger partial charge in [-0.3, -0.25) is 4.79 Å². The SMILES string of the molecule is Cc1cnc(-n2nccn2)c(C(=O)N2[C@H](C)[C@H]3C[C@@H](Oc4cnc(C(F)(F)F)cn4)[C@@H]2C3)c1. The van der Waals surface area contributed by atoms with Gasteiger partial charge in [0, 0.05) is 12.2 Å². The molecule has 1 aliphatic carbocycles. The van der Waals surface area contributed by atoms with Gasteiger partial charge in [0.1, 0.15) is 6.10 Å². The second kappa shape index (κ2) is 7.78. The number of rotatable bonds is 4. The molecule has 0 radical (unpaired) electrons. The van der Waals surface area contributed by atoms with E-state index in [1.807, 2.05) is 13.8 Å². The van der Waals surface area contributed by atoms with E-state index >= 15 is 0 Å². The molecule has 5 rings (SSSR count). The van der Waals surface area contributed by atoms with Crippen molar-refractivity contribution in [2.45, 2.75) is 51.1 Å². The van der Waals surface area contributed by atoms with Gasteiger partial charge in [0.05, 0.1) is 36.4 Å². The molecule has 4 heterocycles. The van der Waals surface area contributed by atoms with Crippen LogP contribution < -0.4 is 4.74 Å². The second-order valence-electron chi connectivity index (χ2n) is 8.35. The minimum absolute atomic E-state index is 0.000690. The van der Waals surface area contributed by atoms with Crippen LogP contribution in [0.1, 0.15) is 41.4 Å². The first-order valence-corrected chi connectivity index (χ1v) is 10.4. The minimum atomic E-state index is -4.57. The van der Waals surface area contributed by atoms with E-state index in [4.69, 9.17) is 4.74 Å². The first-order valence-electron chi connectivity index (χ1n) is 10.4. The molecule has 0 N–H and O–H groups in total. The number of aromatic nitrogens is 6. The largest absolute Gasteiger partial charge is 0.471 e. The van der Waals surface area contributed by atoms with Gasteiger partial charge < -0.3 is 9.64 Å². The Balaban J connectivity index is 1.40. The highest BCUT2D eigenvalue weighted by atomic mass is 19.4. The predicted molar refractivity (Wildman–Crippen MR) is 107 cm³/mol. The normalized spacial score (nSPS) is 24.3. The maximum atomic E-state index is 13.7. The summed E-state index contributed by atoms with van der Waals surface area (Å²) in [6.45, 7) is 3.84. The van der Waals surface area contributed by atoms with E-state index in [9.17, 15) is 18.0 Å². The second-order valence-corrected chi connectivity index (χ2v) is 8.35. The Labute approximate surface area is 186 Å². The molecular weight excluding hydrogens is 439 g/mol. The molecule has 33 heavy (non-hydrogen) atoms. The number of aryl methyl sites for hydroxylation is 1. The van der Waals surface area contributed by atoms with Gasteiger partial charge in [0.2, 0.25) is 5.88 Å². The summed E-state index contributed by atoms with van der Waals surface area (Å²) in [6, 6.07) is 1.48. The molecule has 9 nitrogen and oxygen atoms in total. The lowest BCUT2D eigenvalue weighted by Crippen LogP contribution is -2.51. The lowest BCUT2D eigenvalue weighted by Gasteiger charge is -2.37. The van der Waals surface area contributed by atoms with Crippen LogP contribution in [0.25, 0.3) is 5.82 Å². The number of amides is 1. The Hall–Kier alpha value is -3.57. The van der Waals surface area contributed by atoms with E-state index in [-0.39, 0.29) is 29.8 Å². The predicted octanol–water partition coefficient (Wildman–Crippen LogP) is 2.85. The summed E-state index contributed by atoms with van der Waals surface area (Å²) in [6.07, 6.45) is 2.72. The number of halogens is 3. The summed E-state index contributed by atoms with van der Waals surface area (Å²) >= 11 is 0. The average molecular weight is 459 g/mol. The number of ether oxygens (including phenoxy) is 1. The van der Waals surface area contributed by atoms with Crippen LogP contribution in [0.4, 0.5) is 13.2 Å². The summed E-state index contributed by atoms with van der Waals surface area (Å²) in [4.78, 5) is 28.3. The standard InChI is InChI=1S/C21H20F3N7O2/c1-11-5-14(19(27-8-11)31-28-3-4-29-31)20(32)30-12(2)13-6-15(30)16(7-13)33-18-10-25-17(9-26-18)21(22,23)24/h3-5,8-10,12-13,15-16H,6-7H2,1-2H3/t12-,13-,15+,16-/m1/s1. The molecular formula is C21H20F3N7O2. The molecule has 2 aliphatic rings. The third-order valence-electron chi connectivity index (χ3n) is 6.25. The minimum Gasteiger partial charge on any atom is -0.471 e. The quantitative estimate of drug-likeness (QED) is 0.592. The van der Waals surface area contributed by atoms with E-state index in [1.165, 1.54) is 17.2 Å². The van der Waals surface area contributed by atoms with Crippen LogP contribution >= 0.6 is 0 Å². The zero-order valence-corrected chi connectivity index (χ0v) is 17.8. The van der Waals surface area contributed by atoms with Crippen LogP contribution in [0.15, 0.2) is 37.1 Å². The molecule has 0 aromatic carbocycles. The molecule has 12 heteroatoms. The lowest BCUT2D eigenvalue weighted by atomic mass is 9.98. The van der Waals surface area contributed by atoms with Crippen molar-refractivity contribution >= 4 is 5.91 Å². The molecule has 1 saturated heterocycles. The number of nitrogens with zero attached hydrogens (tertiary/aromatic N) is 7. The van der Waals surface area contributed by atoms with Crippen LogP contribution in [0.2, 0.25) is 0 Å². The van der Waals surface area contributed by atoms with E-state index in [0.717, 1.165) is 18.2 Å². The van der Waals surface area contributed by atoms with Gasteiger partial charge in [0.15, 0.2) is 11.5 Å². The van der Waals surface area contributed by atoms with Gasteiger partial charge in [-0.25, -0.2) is 15.0 Å². The summed E-state index contributed by atoms with van der Waals surface area (Å²) < 4.78 is 44.1. The van der Waals surface area contributed by atoms with Crippen molar-refractivity contribution in [1.82, 2.24) is 34.8 Å². The highest BCUT2D eigenvalue weighted by Crippen LogP contribution is 2.44. The van der Waals surface area contributed by atoms with Crippen molar-refractivity contribution < 1.29 is 22.7 Å². The number of fused-ring (bicyclic) bond motifs is 2. The van der Waals surface area contributed by atoms with Crippen molar-refractivity contribution in [2.24, 2.45) is 5.92 Å². The Morgan fingerprint density at radius 1 is 1.09 bits per heavy atom. The topological polar surface area (TPSA) is 98.9 Å². The third-order valence-corrected chi connectivity index (χ3v) is 6.25. The first kappa shape index (κ1) is 21.3. The highest BCUT2D eigenvalue weighted by Gasteiger charge is 2.53. The summed E-state index contributed by atoms with van der Waals surface area (Å²) in [5, 5.41) is 8.20. The summed E-state index contributed by atoms with van der Waals surface area (Å²) in [5.41, 5.74) is 0.109. The monoisotopic (exact) mass is 459 g/mol. The highest BCUT2D eigenvalue weighted by molar-refractivity contribution is 5.98. The number of pyridine rings is 1. The molecule has 1 amide bonds. The third kappa shape index (κ3) is 3.79. The number of carbonyl (C=O) groups excluding carboxylic acids is 1. The van der Waals surface area contributed by atoms with Gasteiger partial charge in [-0.1, -0.05) is 0 Å². The van der Waals surface area contributed by atoms with Crippen molar-refractivity contribution in [2.75, 3.05) is 0 Å². The Morgan fingerprint density at radius 3 is 2.48 bits per heavy atom. The number of hydrogen-bond donors (Lipinski definition) is 0. The van der Waals surface area contributed by atoms with Crippen LogP contribution in [0, 0.1) is 12.8 Å². The van der Waals surface area contributed by atoms with E-state index in [2.05, 4.69) is 25.1 Å². The maximum absolute atomic E-state index is 13.7. The molecule has 1 saturated carbocycles. The summed E-state index contributed by atoms with van der Waals surface area (Å²) in [5.74, 6) is 0.316. The zero-order chi connectivity index (χ0) is 23.3. The molecule has 4 atom stereocenters. The summed E-state index contributed by atoms with van der Waals surface area (Å²) in [7, 11) is 0. The van der Waals surface area contributed by atoms with Gasteiger partial charge in [-0.2, -0.15) is 23.4 Å². The molecule has 3 aromatic rings. The van der Waals surface area contributed by atoms with Crippen molar-refractivity contribution in [1.29, 1.82) is 0 Å². The van der Waals surface area contributed by atoms with Crippen molar-refractivity contribution in [3.05, 3.63) is 53.9 Å². The molecule has 3 aromatic heterocycles. The van der Waals surface area contributed by atoms with E-state index < -0.39 is 18.0 Å². The Kier molecular flexibility index (Phi) is 5.02. The fourth-order valence-corrected chi connectivity index (χ4v) is 4.71. The maximum Gasteiger partial charge on any atom is 0.434 e. The molecule has 2 bridgehead atoms. The number of alkyl halides is 3. The first-order chi connectivity index (χ1) is 15.7. The smallest absolute Gasteiger partial charge is 0.434 e. The van der Waals surface area contributed by atoms with Crippen molar-refractivity contribution in [3.63, 3.8) is 0 Å². The van der Waals surface area contributed by atoms with Crippen LogP contribution in [-0.4, -0.2) is 58.9 Å². The molecule has 1 aliphatic heterocycles. The molecule has 0 unspecified atom stereocenters. The number of hydrogen-bond acceptors (Lipinski definition) is 7. The van der Waals surface area contributed by atoms with Gasteiger partial charge in [0.25, 0.3) is 5.91 Å². The molecule has 2 fully saturated rings. The lowest BCUT2D eigenvalue weighted by molar-refractivity contribution is -0.141. The van der Waals surface area contributed by atoms with Gasteiger partial charge >= 0.3 is 6.18 Å². The Bertz CT molecular complexity index is 1170. The van der Waals surface area contributed by atoms with Crippen LogP contribution in [0.5, 0.6) is 5.88 Å². The van der Waals surface area contributed by atoms with Gasteiger partial charge in [-0.15, -0.1) is 4.80 Å². The van der Waals surface area contributed by atoms with E-state index in [1.54, 1.807) is 17.2 Å². The van der Waals surface area contributed by atoms with E-state index in [0.29, 0.717) is 24.0 Å².